The smallest absolute Gasteiger partial charge is 0.462 e. The lowest BCUT2D eigenvalue weighted by Crippen LogP contribution is -2.30. The van der Waals surface area contributed by atoms with Crippen molar-refractivity contribution >= 4 is 39.5 Å². The van der Waals surface area contributed by atoms with E-state index in [1.165, 1.54) is 128 Å². The largest absolute Gasteiger partial charge is 0.472 e. The number of aliphatic hydroxyl groups is 1. The van der Waals surface area contributed by atoms with Crippen LogP contribution in [0.15, 0.2) is 134 Å². The number of esters is 4. The summed E-state index contributed by atoms with van der Waals surface area (Å²) in [5, 5.41) is 10.6. The van der Waals surface area contributed by atoms with Crippen molar-refractivity contribution < 1.29 is 80.2 Å². The van der Waals surface area contributed by atoms with E-state index in [1.54, 1.807) is 0 Å². The minimum absolute atomic E-state index is 0.0332. The lowest BCUT2D eigenvalue weighted by atomic mass is 10.0. The average Bonchev–Trinajstić information content (AvgIpc) is 0.933. The van der Waals surface area contributed by atoms with Crippen molar-refractivity contribution in [1.29, 1.82) is 0 Å². The maximum Gasteiger partial charge on any atom is 0.472 e. The Morgan fingerprint density at radius 2 is 0.481 bits per heavy atom. The molecule has 5 atom stereocenters. The summed E-state index contributed by atoms with van der Waals surface area (Å²) < 4.78 is 68.5. The molecule has 0 aromatic heterocycles. The van der Waals surface area contributed by atoms with Crippen LogP contribution in [0.5, 0.6) is 0 Å². The second kappa shape index (κ2) is 78.3. The van der Waals surface area contributed by atoms with Gasteiger partial charge in [-0.25, -0.2) is 9.13 Å². The van der Waals surface area contributed by atoms with E-state index in [0.717, 1.165) is 116 Å². The number of carbonyl (C=O) groups excluding carboxylic acids is 4. The monoisotopic (exact) mass is 1530 g/mol. The summed E-state index contributed by atoms with van der Waals surface area (Å²) >= 11 is 0. The molecule has 0 aromatic carbocycles. The van der Waals surface area contributed by atoms with E-state index in [0.29, 0.717) is 38.5 Å². The van der Waals surface area contributed by atoms with Crippen molar-refractivity contribution in [2.45, 2.75) is 354 Å². The van der Waals surface area contributed by atoms with Crippen molar-refractivity contribution in [2.75, 3.05) is 39.6 Å². The molecule has 0 amide bonds. The van der Waals surface area contributed by atoms with E-state index in [9.17, 15) is 43.2 Å². The Kier molecular flexibility index (Phi) is 74.8. The van der Waals surface area contributed by atoms with Crippen LogP contribution < -0.4 is 0 Å². The van der Waals surface area contributed by atoms with Gasteiger partial charge < -0.3 is 33.8 Å². The van der Waals surface area contributed by atoms with E-state index in [2.05, 4.69) is 137 Å². The van der Waals surface area contributed by atoms with E-state index in [-0.39, 0.29) is 25.7 Å². The number of phosphoric acid groups is 2. The summed E-state index contributed by atoms with van der Waals surface area (Å²) in [6.45, 7) is 4.66. The Hall–Kier alpha value is -4.80. The van der Waals surface area contributed by atoms with Crippen molar-refractivity contribution in [3.8, 4) is 0 Å². The summed E-state index contributed by atoms with van der Waals surface area (Å²) in [6.07, 6.45) is 88.8. The van der Waals surface area contributed by atoms with Gasteiger partial charge in [-0.1, -0.05) is 315 Å². The number of aliphatic hydroxyl groups excluding tert-OH is 1. The Morgan fingerprint density at radius 3 is 0.774 bits per heavy atom. The number of hydrogen-bond donors (Lipinski definition) is 3. The Morgan fingerprint density at radius 1 is 0.264 bits per heavy atom. The molecule has 0 bridgehead atoms. The average molecular weight is 1530 g/mol. The highest BCUT2D eigenvalue weighted by Gasteiger charge is 2.30. The molecule has 0 rings (SSSR count). The summed E-state index contributed by atoms with van der Waals surface area (Å²) in [6, 6.07) is 0. The lowest BCUT2D eigenvalue weighted by molar-refractivity contribution is -0.161. The molecule has 0 spiro atoms. The van der Waals surface area contributed by atoms with Gasteiger partial charge in [-0.3, -0.25) is 37.3 Å². The van der Waals surface area contributed by atoms with Gasteiger partial charge in [-0.2, -0.15) is 0 Å². The van der Waals surface area contributed by atoms with E-state index in [4.69, 9.17) is 37.0 Å². The van der Waals surface area contributed by atoms with Gasteiger partial charge in [-0.15, -0.1) is 0 Å². The van der Waals surface area contributed by atoms with Crippen molar-refractivity contribution in [1.82, 2.24) is 0 Å². The maximum atomic E-state index is 13.1. The Labute approximate surface area is 644 Å². The predicted octanol–water partition coefficient (Wildman–Crippen LogP) is 24.4. The third-order valence-electron chi connectivity index (χ3n) is 17.1. The summed E-state index contributed by atoms with van der Waals surface area (Å²) in [5.74, 6) is -2.37. The summed E-state index contributed by atoms with van der Waals surface area (Å²) in [4.78, 5) is 73.0. The van der Waals surface area contributed by atoms with Crippen LogP contribution >= 0.6 is 15.6 Å². The van der Waals surface area contributed by atoms with Crippen LogP contribution in [0.3, 0.4) is 0 Å². The highest BCUT2D eigenvalue weighted by molar-refractivity contribution is 7.47. The number of rotatable bonds is 77. The lowest BCUT2D eigenvalue weighted by Gasteiger charge is -2.21. The molecule has 0 heterocycles. The van der Waals surface area contributed by atoms with Gasteiger partial charge in [0.1, 0.15) is 19.3 Å². The van der Waals surface area contributed by atoms with Crippen molar-refractivity contribution in [3.63, 3.8) is 0 Å². The first kappa shape index (κ1) is 101. The molecule has 3 N–H and O–H groups in total. The fraction of sp³-hybridized carbons (Fsp3) is 0.701. The van der Waals surface area contributed by atoms with Crippen LogP contribution in [-0.2, 0) is 65.4 Å². The number of carbonyl (C=O) groups is 4. The number of ether oxygens (including phenoxy) is 4. The van der Waals surface area contributed by atoms with Crippen molar-refractivity contribution in [2.24, 2.45) is 0 Å². The Balaban J connectivity index is 5.47. The number of allylic oxidation sites excluding steroid dienone is 22. The minimum Gasteiger partial charge on any atom is -0.462 e. The quantitative estimate of drug-likeness (QED) is 0.0169. The van der Waals surface area contributed by atoms with Gasteiger partial charge >= 0.3 is 39.5 Å². The molecule has 0 aromatic rings. The van der Waals surface area contributed by atoms with Crippen LogP contribution in [0.1, 0.15) is 336 Å². The van der Waals surface area contributed by atoms with Crippen LogP contribution in [-0.4, -0.2) is 96.7 Å². The van der Waals surface area contributed by atoms with Crippen LogP contribution in [0.25, 0.3) is 0 Å². The van der Waals surface area contributed by atoms with Gasteiger partial charge in [0.2, 0.25) is 0 Å². The second-order valence-electron chi connectivity index (χ2n) is 27.4. The molecule has 0 aliphatic carbocycles. The van der Waals surface area contributed by atoms with Crippen LogP contribution in [0, 0.1) is 0 Å². The zero-order valence-corrected chi connectivity index (χ0v) is 68.4. The van der Waals surface area contributed by atoms with Gasteiger partial charge in [0.05, 0.1) is 26.4 Å². The molecular formula is C87H148O17P2. The normalized spacial score (nSPS) is 14.5. The SMILES string of the molecule is CCCCC/C=C\C/C=C\C/C=C\C/C=C\C/C=C\CCC(=O)OC[C@H](COP(=O)(O)OC[C@@H](O)COP(=O)(O)OC[C@@H](COC(=O)CC/C=C\C/C=C\C/C=C\C/C=C\C/C=C\CCCCC)OC(=O)CCCCCCCCCCCCCCC)OC(=O)CCCCCCC/C=C\CCCCCCCC. The first-order chi connectivity index (χ1) is 51.7. The molecule has 0 saturated carbocycles. The molecule has 17 nitrogen and oxygen atoms in total. The van der Waals surface area contributed by atoms with Gasteiger partial charge in [-0.05, 0) is 128 Å². The standard InChI is InChI=1S/C87H148O17P2/c1-5-9-13-17-21-25-29-33-36-38-40-42-45-48-51-55-59-63-67-71-84(89)97-77-82(103-86(91)73-69-65-61-57-53-47-32-28-24-20-16-12-8-4)79-101-105(93,94)99-75-81(88)76-100-106(95,96)102-80-83(104-87(92)74-70-66-62-58-54-50-44-35-31-27-23-19-15-11-7-3)78-98-85(90)72-68-64-60-56-52-49-46-43-41-39-37-34-30-26-22-18-14-10-6-2/h21-22,25-26,33-37,40-44,48-49,51-52,59-60,63-64,81-83,88H,5-20,23-24,27-32,38-39,45-47,50,53-58,61-62,65-80H2,1-4H3,(H,93,94)(H,95,96)/b25-21-,26-22-,36-33-,37-34-,42-40-,43-41-,44-35-,51-48-,52-49-,63-59-,64-60-/t81-,82+,83+/m0/s1. The molecule has 0 fully saturated rings. The minimum atomic E-state index is -5.00. The van der Waals surface area contributed by atoms with E-state index < -0.39 is 97.5 Å². The molecule has 0 saturated heterocycles. The molecular weight excluding hydrogens is 1380 g/mol. The number of unbranched alkanes of at least 4 members (excludes halogenated alkanes) is 29. The Bertz CT molecular complexity index is 2530. The third kappa shape index (κ3) is 77.4. The first-order valence-corrected chi connectivity index (χ1v) is 44.4. The van der Waals surface area contributed by atoms with Crippen LogP contribution in [0.4, 0.5) is 0 Å². The molecule has 19 heteroatoms. The summed E-state index contributed by atoms with van der Waals surface area (Å²) in [7, 11) is -10.0. The highest BCUT2D eigenvalue weighted by atomic mass is 31.2. The fourth-order valence-electron chi connectivity index (χ4n) is 10.8. The highest BCUT2D eigenvalue weighted by Crippen LogP contribution is 2.45. The topological polar surface area (TPSA) is 237 Å². The van der Waals surface area contributed by atoms with E-state index in [1.807, 2.05) is 24.3 Å². The molecule has 0 radical (unpaired) electrons. The number of phosphoric ester groups is 2. The fourth-order valence-corrected chi connectivity index (χ4v) is 12.3. The van der Waals surface area contributed by atoms with Crippen LogP contribution in [0.2, 0.25) is 0 Å². The predicted molar refractivity (Wildman–Crippen MR) is 436 cm³/mol. The molecule has 608 valence electrons. The molecule has 2 unspecified atom stereocenters. The first-order valence-electron chi connectivity index (χ1n) is 41.4. The zero-order chi connectivity index (χ0) is 77.4. The van der Waals surface area contributed by atoms with Gasteiger partial charge in [0.25, 0.3) is 0 Å². The van der Waals surface area contributed by atoms with Gasteiger partial charge in [0.15, 0.2) is 12.2 Å². The van der Waals surface area contributed by atoms with Crippen molar-refractivity contribution in [3.05, 3.63) is 134 Å². The maximum absolute atomic E-state index is 13.1. The number of hydrogen-bond acceptors (Lipinski definition) is 15. The molecule has 0 aliphatic heterocycles. The zero-order valence-electron chi connectivity index (χ0n) is 66.6. The third-order valence-corrected chi connectivity index (χ3v) is 19.0. The van der Waals surface area contributed by atoms with E-state index >= 15 is 0 Å². The second-order valence-corrected chi connectivity index (χ2v) is 30.3. The molecule has 0 aliphatic rings. The molecule has 106 heavy (non-hydrogen) atoms. The van der Waals surface area contributed by atoms with Gasteiger partial charge in [0, 0.05) is 25.7 Å². The summed E-state index contributed by atoms with van der Waals surface area (Å²) in [5.41, 5.74) is 0.